The van der Waals surface area contributed by atoms with Crippen molar-refractivity contribution in [2.24, 2.45) is 0 Å². The van der Waals surface area contributed by atoms with E-state index in [4.69, 9.17) is 21.1 Å². The molecule has 1 saturated heterocycles. The molecule has 1 N–H and O–H groups in total. The second-order valence-electron chi connectivity index (χ2n) is 8.70. The number of hydrogen-bond acceptors (Lipinski definition) is 5. The molecule has 1 fully saturated rings. The van der Waals surface area contributed by atoms with Gasteiger partial charge in [0.1, 0.15) is 18.1 Å². The number of rotatable bonds is 9. The van der Waals surface area contributed by atoms with Crippen molar-refractivity contribution in [2.75, 3.05) is 20.3 Å². The average Bonchev–Trinajstić information content (AvgIpc) is 3.13. The van der Waals surface area contributed by atoms with Crippen molar-refractivity contribution in [3.63, 3.8) is 0 Å². The number of hydrogen-bond donors (Lipinski definition) is 1. The van der Waals surface area contributed by atoms with Gasteiger partial charge in [0, 0.05) is 30.8 Å². The molecule has 0 bridgehead atoms. The number of amides is 1. The monoisotopic (exact) mass is 505 g/mol. The van der Waals surface area contributed by atoms with E-state index in [1.807, 2.05) is 25.1 Å². The molecule has 1 heterocycles. The number of aliphatic hydroxyl groups excluding tert-OH is 1. The molecule has 4 rings (SSSR count). The number of ketones is 1. The van der Waals surface area contributed by atoms with Crippen LogP contribution in [0.5, 0.6) is 5.75 Å². The molecule has 0 radical (unpaired) electrons. The lowest BCUT2D eigenvalue weighted by Crippen LogP contribution is -2.31. The molecule has 1 aliphatic heterocycles. The summed E-state index contributed by atoms with van der Waals surface area (Å²) >= 11 is 6.21. The minimum atomic E-state index is -0.752. The number of ether oxygens (including phenoxy) is 2. The van der Waals surface area contributed by atoms with E-state index in [0.29, 0.717) is 48.1 Å². The lowest BCUT2D eigenvalue weighted by Gasteiger charge is -2.25. The highest BCUT2D eigenvalue weighted by atomic mass is 35.5. The molecule has 6 nitrogen and oxygen atoms in total. The first kappa shape index (κ1) is 25.5. The quantitative estimate of drug-likeness (QED) is 0.175. The van der Waals surface area contributed by atoms with Crippen LogP contribution >= 0.6 is 11.6 Å². The fourth-order valence-electron chi connectivity index (χ4n) is 4.35. The smallest absolute Gasteiger partial charge is 0.295 e. The van der Waals surface area contributed by atoms with Gasteiger partial charge in [-0.25, -0.2) is 0 Å². The van der Waals surface area contributed by atoms with E-state index >= 15 is 0 Å². The lowest BCUT2D eigenvalue weighted by molar-refractivity contribution is -0.140. The zero-order valence-electron chi connectivity index (χ0n) is 20.2. The minimum absolute atomic E-state index is 0.0353. The zero-order chi connectivity index (χ0) is 25.7. The number of aliphatic hydroxyl groups is 1. The van der Waals surface area contributed by atoms with Crippen LogP contribution in [0.25, 0.3) is 5.76 Å². The highest BCUT2D eigenvalue weighted by Gasteiger charge is 2.45. The van der Waals surface area contributed by atoms with Gasteiger partial charge in [-0.1, -0.05) is 53.6 Å². The van der Waals surface area contributed by atoms with E-state index in [0.717, 1.165) is 11.1 Å². The number of nitrogens with zero attached hydrogens (tertiary/aromatic N) is 1. The normalized spacial score (nSPS) is 17.0. The number of carbonyl (C=O) groups is 2. The zero-order valence-corrected chi connectivity index (χ0v) is 21.0. The van der Waals surface area contributed by atoms with Crippen LogP contribution in [0.3, 0.4) is 0 Å². The van der Waals surface area contributed by atoms with Crippen LogP contribution < -0.4 is 4.74 Å². The average molecular weight is 506 g/mol. The molecule has 1 aliphatic rings. The summed E-state index contributed by atoms with van der Waals surface area (Å²) in [5.74, 6) is -0.998. The van der Waals surface area contributed by atoms with Crippen molar-refractivity contribution in [3.05, 3.63) is 106 Å². The first-order valence-corrected chi connectivity index (χ1v) is 12.1. The van der Waals surface area contributed by atoms with Crippen LogP contribution in [0.15, 0.2) is 78.4 Å². The van der Waals surface area contributed by atoms with Gasteiger partial charge in [0.2, 0.25) is 0 Å². The molecule has 36 heavy (non-hydrogen) atoms. The fourth-order valence-corrected chi connectivity index (χ4v) is 4.54. The first-order valence-electron chi connectivity index (χ1n) is 11.7. The van der Waals surface area contributed by atoms with Gasteiger partial charge in [-0.15, -0.1) is 0 Å². The number of halogens is 1. The van der Waals surface area contributed by atoms with Gasteiger partial charge in [-0.05, 0) is 60.9 Å². The predicted octanol–water partition coefficient (Wildman–Crippen LogP) is 5.69. The number of benzene rings is 3. The van der Waals surface area contributed by atoms with Crippen LogP contribution in [0.4, 0.5) is 0 Å². The number of likely N-dealkylation sites (tertiary alicyclic amines) is 1. The Kier molecular flexibility index (Phi) is 8.08. The predicted molar refractivity (Wildman–Crippen MR) is 139 cm³/mol. The van der Waals surface area contributed by atoms with Crippen LogP contribution in [-0.2, 0) is 20.9 Å². The molecule has 7 heteroatoms. The fraction of sp³-hybridized carbons (Fsp3) is 0.241. The Balaban J connectivity index is 1.63. The van der Waals surface area contributed by atoms with Crippen LogP contribution in [0, 0.1) is 6.92 Å². The molecule has 0 aliphatic carbocycles. The van der Waals surface area contributed by atoms with E-state index in [-0.39, 0.29) is 11.3 Å². The number of aryl methyl sites for hydroxylation is 1. The third-order valence-electron chi connectivity index (χ3n) is 6.07. The third-order valence-corrected chi connectivity index (χ3v) is 6.30. The standard InChI is InChI=1S/C29H28ClNO5/c1-19-6-3-7-20(16-19)18-36-24-12-10-21(11-13-24)27(32)25-26(22-8-4-9-23(30)17-22)31(14-5-15-35-2)29(34)28(25)33/h3-4,6-13,16-17,26,32H,5,14-15,18H2,1-2H3/t26-/m1/s1. The lowest BCUT2D eigenvalue weighted by atomic mass is 9.95. The summed E-state index contributed by atoms with van der Waals surface area (Å²) in [4.78, 5) is 27.5. The molecular weight excluding hydrogens is 478 g/mol. The van der Waals surface area contributed by atoms with Crippen molar-refractivity contribution in [3.8, 4) is 5.75 Å². The van der Waals surface area contributed by atoms with E-state index in [9.17, 15) is 14.7 Å². The van der Waals surface area contributed by atoms with Gasteiger partial charge in [0.15, 0.2) is 0 Å². The van der Waals surface area contributed by atoms with Gasteiger partial charge < -0.3 is 19.5 Å². The number of methoxy groups -OCH3 is 1. The Morgan fingerprint density at radius 3 is 2.47 bits per heavy atom. The van der Waals surface area contributed by atoms with Gasteiger partial charge >= 0.3 is 0 Å². The second kappa shape index (κ2) is 11.4. The summed E-state index contributed by atoms with van der Waals surface area (Å²) in [6.45, 7) is 3.18. The molecule has 1 amide bonds. The summed E-state index contributed by atoms with van der Waals surface area (Å²) in [5.41, 5.74) is 3.31. The maximum Gasteiger partial charge on any atom is 0.295 e. The Morgan fingerprint density at radius 2 is 1.78 bits per heavy atom. The summed E-state index contributed by atoms with van der Waals surface area (Å²) < 4.78 is 11.0. The Labute approximate surface area is 215 Å². The summed E-state index contributed by atoms with van der Waals surface area (Å²) in [6.07, 6.45) is 0.549. The molecular formula is C29H28ClNO5. The van der Waals surface area contributed by atoms with Crippen molar-refractivity contribution in [2.45, 2.75) is 26.0 Å². The highest BCUT2D eigenvalue weighted by Crippen LogP contribution is 2.40. The summed E-state index contributed by atoms with van der Waals surface area (Å²) in [6, 6.07) is 21.1. The van der Waals surface area contributed by atoms with Gasteiger partial charge in [0.05, 0.1) is 11.6 Å². The molecule has 0 unspecified atom stereocenters. The number of carbonyl (C=O) groups excluding carboxylic acids is 2. The van der Waals surface area contributed by atoms with E-state index in [1.54, 1.807) is 55.6 Å². The Hall–Kier alpha value is -3.61. The van der Waals surface area contributed by atoms with Crippen molar-refractivity contribution < 1.29 is 24.2 Å². The maximum absolute atomic E-state index is 13.1. The molecule has 3 aromatic rings. The topological polar surface area (TPSA) is 76.1 Å². The van der Waals surface area contributed by atoms with Crippen LogP contribution in [0.2, 0.25) is 5.02 Å². The maximum atomic E-state index is 13.1. The van der Waals surface area contributed by atoms with Gasteiger partial charge in [0.25, 0.3) is 11.7 Å². The molecule has 1 atom stereocenters. The van der Waals surface area contributed by atoms with Crippen LogP contribution in [0.1, 0.15) is 34.7 Å². The minimum Gasteiger partial charge on any atom is -0.507 e. The molecule has 0 spiro atoms. The second-order valence-corrected chi connectivity index (χ2v) is 9.13. The number of Topliss-reactive ketones (excluding diaryl/α,β-unsaturated/α-hetero) is 1. The van der Waals surface area contributed by atoms with Crippen molar-refractivity contribution >= 4 is 29.1 Å². The van der Waals surface area contributed by atoms with Crippen molar-refractivity contribution in [1.29, 1.82) is 0 Å². The summed E-state index contributed by atoms with van der Waals surface area (Å²) in [7, 11) is 1.58. The Morgan fingerprint density at radius 1 is 1.03 bits per heavy atom. The van der Waals surface area contributed by atoms with Gasteiger partial charge in [-0.2, -0.15) is 0 Å². The van der Waals surface area contributed by atoms with Crippen LogP contribution in [-0.4, -0.2) is 42.0 Å². The first-order chi connectivity index (χ1) is 17.4. The molecule has 0 saturated carbocycles. The van der Waals surface area contributed by atoms with E-state index in [2.05, 4.69) is 6.07 Å². The van der Waals surface area contributed by atoms with E-state index < -0.39 is 17.7 Å². The molecule has 186 valence electrons. The largest absolute Gasteiger partial charge is 0.507 e. The molecule has 0 aromatic heterocycles. The van der Waals surface area contributed by atoms with Crippen molar-refractivity contribution in [1.82, 2.24) is 4.90 Å². The SMILES string of the molecule is COCCCN1C(=O)C(=O)C(=C(O)c2ccc(OCc3cccc(C)c3)cc2)[C@H]1c1cccc(Cl)c1. The Bertz CT molecular complexity index is 1280. The van der Waals surface area contributed by atoms with Gasteiger partial charge in [-0.3, -0.25) is 9.59 Å². The molecule has 3 aromatic carbocycles. The van der Waals surface area contributed by atoms with E-state index in [1.165, 1.54) is 4.90 Å². The third kappa shape index (κ3) is 5.61. The summed E-state index contributed by atoms with van der Waals surface area (Å²) in [5, 5.41) is 11.7. The highest BCUT2D eigenvalue weighted by molar-refractivity contribution is 6.46.